The summed E-state index contributed by atoms with van der Waals surface area (Å²) in [6.07, 6.45) is 4.14. The van der Waals surface area contributed by atoms with Gasteiger partial charge in [-0.3, -0.25) is 19.5 Å². The number of aromatic nitrogens is 3. The highest BCUT2D eigenvalue weighted by atomic mass is 16.1. The van der Waals surface area contributed by atoms with Crippen molar-refractivity contribution in [3.63, 3.8) is 0 Å². The van der Waals surface area contributed by atoms with Gasteiger partial charge in [0.25, 0.3) is 11.5 Å². The molecule has 0 radical (unpaired) electrons. The summed E-state index contributed by atoms with van der Waals surface area (Å²) in [5.74, 6) is -0.721. The molecule has 0 saturated carbocycles. The molecule has 4 rings (SSSR count). The van der Waals surface area contributed by atoms with Gasteiger partial charge in [-0.1, -0.05) is 6.92 Å². The van der Waals surface area contributed by atoms with E-state index in [-0.39, 0.29) is 17.3 Å². The average Bonchev–Trinajstić information content (AvgIpc) is 2.79. The van der Waals surface area contributed by atoms with Crippen LogP contribution in [0.1, 0.15) is 39.6 Å². The summed E-state index contributed by atoms with van der Waals surface area (Å²) in [5.41, 5.74) is 4.21. The van der Waals surface area contributed by atoms with Crippen molar-refractivity contribution in [3.05, 3.63) is 63.8 Å². The Morgan fingerprint density at radius 3 is 2.87 bits per heavy atom. The van der Waals surface area contributed by atoms with Crippen LogP contribution >= 0.6 is 0 Å². The first-order valence-electron chi connectivity index (χ1n) is 11.9. The van der Waals surface area contributed by atoms with E-state index in [1.165, 1.54) is 0 Å². The minimum Gasteiger partial charge on any atom is -0.367 e. The zero-order valence-electron chi connectivity index (χ0n) is 20.7. The van der Waals surface area contributed by atoms with Gasteiger partial charge in [0.05, 0.1) is 22.9 Å². The Hall–Kier alpha value is -3.26. The molecule has 0 unspecified atom stereocenters. The first kappa shape index (κ1) is 17.4. The summed E-state index contributed by atoms with van der Waals surface area (Å²) >= 11 is 0. The number of carbonyl (C=O) groups excluding carboxylic acids is 1. The zero-order valence-corrected chi connectivity index (χ0v) is 17.7. The van der Waals surface area contributed by atoms with E-state index in [0.717, 1.165) is 54.0 Å². The number of piperazine rings is 1. The fourth-order valence-corrected chi connectivity index (χ4v) is 3.99. The molecule has 1 amide bonds. The monoisotopic (exact) mass is 423 g/mol. The first-order valence-corrected chi connectivity index (χ1v) is 10.4. The molecule has 3 aromatic rings. The molecule has 4 heterocycles. The minimum atomic E-state index is -2.54. The third-order valence-electron chi connectivity index (χ3n) is 5.82. The van der Waals surface area contributed by atoms with Crippen LogP contribution in [0.3, 0.4) is 0 Å². The molecule has 2 N–H and O–H groups in total. The summed E-state index contributed by atoms with van der Waals surface area (Å²) in [4.78, 5) is 40.3. The van der Waals surface area contributed by atoms with Crippen molar-refractivity contribution >= 4 is 22.6 Å². The Bertz CT molecular complexity index is 1240. The molecule has 31 heavy (non-hydrogen) atoms. The van der Waals surface area contributed by atoms with Crippen LogP contribution in [-0.4, -0.2) is 58.4 Å². The number of hydrogen-bond acceptors (Lipinski definition) is 6. The van der Waals surface area contributed by atoms with E-state index in [0.29, 0.717) is 6.42 Å². The highest BCUT2D eigenvalue weighted by Crippen LogP contribution is 2.21. The summed E-state index contributed by atoms with van der Waals surface area (Å²) in [6, 6.07) is 7.43. The maximum Gasteiger partial charge on any atom is 0.269 e. The van der Waals surface area contributed by atoms with Crippen molar-refractivity contribution in [2.75, 3.05) is 31.5 Å². The maximum atomic E-state index is 12.2. The number of nitrogens with zero attached hydrogens (tertiary/aromatic N) is 4. The summed E-state index contributed by atoms with van der Waals surface area (Å²) in [5, 5.41) is 1.94. The largest absolute Gasteiger partial charge is 0.367 e. The zero-order chi connectivity index (χ0) is 24.5. The lowest BCUT2D eigenvalue weighted by molar-refractivity contribution is 0.0958. The topological polar surface area (TPSA) is 94.2 Å². The smallest absolute Gasteiger partial charge is 0.269 e. The molecule has 3 aromatic heterocycles. The Balaban J connectivity index is 1.40. The SMILES string of the molecule is [2H]C([2H])([2H])NC(=O)c1ccc(N2CCN(Cc3cnc4cc(CC)c(=O)[nH]c4c3)[C@H](C)C2)cn1. The van der Waals surface area contributed by atoms with Crippen LogP contribution < -0.4 is 15.8 Å². The van der Waals surface area contributed by atoms with Crippen molar-refractivity contribution < 1.29 is 8.91 Å². The van der Waals surface area contributed by atoms with E-state index >= 15 is 0 Å². The quantitative estimate of drug-likeness (QED) is 0.652. The van der Waals surface area contributed by atoms with Crippen LogP contribution in [0.2, 0.25) is 0 Å². The van der Waals surface area contributed by atoms with Gasteiger partial charge in [-0.2, -0.15) is 0 Å². The predicted octanol–water partition coefficient (Wildman–Crippen LogP) is 1.95. The number of amides is 1. The molecule has 0 aliphatic carbocycles. The normalized spacial score (nSPS) is 19.0. The third-order valence-corrected chi connectivity index (χ3v) is 5.82. The second kappa shape index (κ2) is 8.85. The van der Waals surface area contributed by atoms with Crippen LogP contribution in [0.4, 0.5) is 5.69 Å². The maximum absolute atomic E-state index is 12.2. The van der Waals surface area contributed by atoms with Gasteiger partial charge in [0.2, 0.25) is 0 Å². The number of H-pyrrole nitrogens is 1. The number of carbonyl (C=O) groups is 1. The molecule has 1 saturated heterocycles. The van der Waals surface area contributed by atoms with Crippen LogP contribution in [0.25, 0.3) is 11.0 Å². The molecule has 0 bridgehead atoms. The van der Waals surface area contributed by atoms with E-state index in [2.05, 4.69) is 31.7 Å². The number of aromatic amines is 1. The lowest BCUT2D eigenvalue weighted by Crippen LogP contribution is -2.51. The standard InChI is InChI=1S/C23H28N6O2/c1-4-17-10-20-21(27-22(17)30)9-16(11-25-20)14-28-7-8-29(13-15(28)2)18-5-6-19(26-12-18)23(31)24-3/h5-6,9-12,15H,4,7-8,13-14H2,1-3H3,(H,24,31)(H,27,30)/t15-/m1/s1/i3D3. The number of aryl methyl sites for hydroxylation is 1. The van der Waals surface area contributed by atoms with Gasteiger partial charge in [0.15, 0.2) is 0 Å². The Kier molecular flexibility index (Phi) is 4.97. The van der Waals surface area contributed by atoms with Gasteiger partial charge in [-0.25, -0.2) is 4.98 Å². The number of nitrogens with one attached hydrogen (secondary N) is 2. The van der Waals surface area contributed by atoms with Crippen molar-refractivity contribution in [1.29, 1.82) is 0 Å². The molecule has 1 aliphatic rings. The van der Waals surface area contributed by atoms with E-state index < -0.39 is 12.9 Å². The molecule has 1 aliphatic heterocycles. The number of rotatable bonds is 5. The van der Waals surface area contributed by atoms with E-state index in [1.807, 2.05) is 30.6 Å². The van der Waals surface area contributed by atoms with Crippen LogP contribution in [0.5, 0.6) is 0 Å². The summed E-state index contributed by atoms with van der Waals surface area (Å²) < 4.78 is 21.4. The summed E-state index contributed by atoms with van der Waals surface area (Å²) in [7, 11) is 0. The highest BCUT2D eigenvalue weighted by molar-refractivity contribution is 5.92. The third kappa shape index (κ3) is 4.44. The molecule has 8 heteroatoms. The van der Waals surface area contributed by atoms with Gasteiger partial charge in [0, 0.05) is 55.1 Å². The fourth-order valence-electron chi connectivity index (χ4n) is 3.99. The van der Waals surface area contributed by atoms with Gasteiger partial charge >= 0.3 is 0 Å². The van der Waals surface area contributed by atoms with Crippen molar-refractivity contribution in [2.45, 2.75) is 32.9 Å². The number of hydrogen-bond donors (Lipinski definition) is 2. The Morgan fingerprint density at radius 2 is 2.16 bits per heavy atom. The van der Waals surface area contributed by atoms with Gasteiger partial charge in [-0.05, 0) is 43.2 Å². The van der Waals surface area contributed by atoms with Crippen LogP contribution in [0.15, 0.2) is 41.5 Å². The van der Waals surface area contributed by atoms with Crippen LogP contribution in [0, 0.1) is 0 Å². The van der Waals surface area contributed by atoms with Crippen molar-refractivity contribution in [2.24, 2.45) is 0 Å². The van der Waals surface area contributed by atoms with Crippen molar-refractivity contribution in [1.82, 2.24) is 25.2 Å². The minimum absolute atomic E-state index is 0.0635. The van der Waals surface area contributed by atoms with Crippen LogP contribution in [-0.2, 0) is 13.0 Å². The average molecular weight is 424 g/mol. The van der Waals surface area contributed by atoms with Gasteiger partial charge in [-0.15, -0.1) is 0 Å². The van der Waals surface area contributed by atoms with Gasteiger partial charge < -0.3 is 15.2 Å². The molecule has 0 aromatic carbocycles. The molecule has 162 valence electrons. The number of anilines is 1. The molecule has 0 spiro atoms. The van der Waals surface area contributed by atoms with E-state index in [4.69, 9.17) is 4.11 Å². The van der Waals surface area contributed by atoms with E-state index in [1.54, 1.807) is 18.3 Å². The molecular weight excluding hydrogens is 392 g/mol. The second-order valence-electron chi connectivity index (χ2n) is 7.87. The lowest BCUT2D eigenvalue weighted by Gasteiger charge is -2.41. The van der Waals surface area contributed by atoms with Gasteiger partial charge in [0.1, 0.15) is 5.69 Å². The lowest BCUT2D eigenvalue weighted by atomic mass is 10.1. The molecule has 1 atom stereocenters. The number of pyridine rings is 3. The molecule has 8 nitrogen and oxygen atoms in total. The second-order valence-corrected chi connectivity index (χ2v) is 7.87. The number of fused-ring (bicyclic) bond motifs is 1. The summed E-state index contributed by atoms with van der Waals surface area (Å²) in [6.45, 7) is 4.67. The Morgan fingerprint density at radius 1 is 1.29 bits per heavy atom. The molecule has 1 fully saturated rings. The Labute approximate surface area is 185 Å². The fraction of sp³-hybridized carbons (Fsp3) is 0.391. The predicted molar refractivity (Wildman–Crippen MR) is 121 cm³/mol. The molecular formula is C23H28N6O2. The van der Waals surface area contributed by atoms with Crippen molar-refractivity contribution in [3.8, 4) is 0 Å². The highest BCUT2D eigenvalue weighted by Gasteiger charge is 2.24. The van der Waals surface area contributed by atoms with E-state index in [9.17, 15) is 9.59 Å². The first-order chi connectivity index (χ1) is 16.1.